The molecular weight excluding hydrogens is 275 g/mol. The maximum atomic E-state index is 14.0. The lowest BCUT2D eigenvalue weighted by atomic mass is 10.1. The molecule has 2 atom stereocenters. The molecule has 1 N–H and O–H groups in total. The summed E-state index contributed by atoms with van der Waals surface area (Å²) in [6.45, 7) is 7.00. The van der Waals surface area contributed by atoms with Gasteiger partial charge in [-0.1, -0.05) is 31.0 Å². The molecule has 1 heterocycles. The van der Waals surface area contributed by atoms with E-state index in [1.165, 1.54) is 12.5 Å². The van der Waals surface area contributed by atoms with Crippen molar-refractivity contribution < 1.29 is 4.39 Å². The minimum Gasteiger partial charge on any atom is -0.313 e. The SMILES string of the molecule is CCCC1CN(Cc2c(F)cccc2Cl)C(C)CCN1. The van der Waals surface area contributed by atoms with Gasteiger partial charge in [0.25, 0.3) is 0 Å². The molecule has 20 heavy (non-hydrogen) atoms. The van der Waals surface area contributed by atoms with Crippen molar-refractivity contribution in [2.75, 3.05) is 13.1 Å². The van der Waals surface area contributed by atoms with Crippen molar-refractivity contribution in [2.45, 2.75) is 51.7 Å². The molecule has 1 aromatic carbocycles. The zero-order valence-electron chi connectivity index (χ0n) is 12.3. The monoisotopic (exact) mass is 298 g/mol. The Hall–Kier alpha value is -0.640. The first-order chi connectivity index (χ1) is 9.61. The van der Waals surface area contributed by atoms with Crippen LogP contribution in [-0.2, 0) is 6.54 Å². The summed E-state index contributed by atoms with van der Waals surface area (Å²) in [5.74, 6) is -0.200. The third-order valence-electron chi connectivity index (χ3n) is 4.13. The highest BCUT2D eigenvalue weighted by atomic mass is 35.5. The van der Waals surface area contributed by atoms with E-state index in [1.54, 1.807) is 12.1 Å². The molecule has 1 saturated heterocycles. The van der Waals surface area contributed by atoms with Gasteiger partial charge in [-0.15, -0.1) is 0 Å². The van der Waals surface area contributed by atoms with Crippen LogP contribution >= 0.6 is 11.6 Å². The van der Waals surface area contributed by atoms with Crippen molar-refractivity contribution in [1.82, 2.24) is 10.2 Å². The normalized spacial score (nSPS) is 24.6. The van der Waals surface area contributed by atoms with Crippen LogP contribution in [0.3, 0.4) is 0 Å². The van der Waals surface area contributed by atoms with Gasteiger partial charge in [-0.3, -0.25) is 4.90 Å². The minimum absolute atomic E-state index is 0.200. The molecule has 0 aliphatic carbocycles. The summed E-state index contributed by atoms with van der Waals surface area (Å²) in [6, 6.07) is 5.86. The van der Waals surface area contributed by atoms with Crippen LogP contribution in [-0.4, -0.2) is 30.1 Å². The average molecular weight is 299 g/mol. The number of rotatable bonds is 4. The number of benzene rings is 1. The van der Waals surface area contributed by atoms with Gasteiger partial charge in [-0.05, 0) is 38.4 Å². The molecule has 0 bridgehead atoms. The Morgan fingerprint density at radius 3 is 2.95 bits per heavy atom. The third-order valence-corrected chi connectivity index (χ3v) is 4.49. The quantitative estimate of drug-likeness (QED) is 0.909. The molecule has 0 spiro atoms. The van der Waals surface area contributed by atoms with Crippen LogP contribution in [0.4, 0.5) is 4.39 Å². The summed E-state index contributed by atoms with van der Waals surface area (Å²) in [5.41, 5.74) is 0.623. The van der Waals surface area contributed by atoms with E-state index in [9.17, 15) is 4.39 Å². The third kappa shape index (κ3) is 3.94. The van der Waals surface area contributed by atoms with Gasteiger partial charge >= 0.3 is 0 Å². The van der Waals surface area contributed by atoms with Crippen LogP contribution in [0.1, 0.15) is 38.7 Å². The minimum atomic E-state index is -0.200. The first-order valence-electron chi connectivity index (χ1n) is 7.52. The number of halogens is 2. The van der Waals surface area contributed by atoms with E-state index in [0.29, 0.717) is 29.2 Å². The summed E-state index contributed by atoms with van der Waals surface area (Å²) in [5, 5.41) is 4.12. The van der Waals surface area contributed by atoms with Crippen molar-refractivity contribution in [1.29, 1.82) is 0 Å². The lowest BCUT2D eigenvalue weighted by molar-refractivity contribution is 0.191. The molecule has 1 fully saturated rings. The molecular formula is C16H24ClFN2. The lowest BCUT2D eigenvalue weighted by Crippen LogP contribution is -2.39. The van der Waals surface area contributed by atoms with Crippen LogP contribution in [0, 0.1) is 5.82 Å². The molecule has 1 aliphatic heterocycles. The predicted octanol–water partition coefficient (Wildman–Crippen LogP) is 3.83. The summed E-state index contributed by atoms with van der Waals surface area (Å²) in [7, 11) is 0. The molecule has 2 rings (SSSR count). The lowest BCUT2D eigenvalue weighted by Gasteiger charge is -2.29. The average Bonchev–Trinajstić information content (AvgIpc) is 2.57. The van der Waals surface area contributed by atoms with E-state index in [4.69, 9.17) is 11.6 Å². The maximum absolute atomic E-state index is 14.0. The molecule has 0 saturated carbocycles. The Bertz CT molecular complexity index is 418. The molecule has 2 unspecified atom stereocenters. The van der Waals surface area contributed by atoms with Crippen molar-refractivity contribution in [3.8, 4) is 0 Å². The Labute approximate surface area is 126 Å². The first kappa shape index (κ1) is 15.7. The van der Waals surface area contributed by atoms with Crippen LogP contribution in [0.15, 0.2) is 18.2 Å². The van der Waals surface area contributed by atoms with Crippen LogP contribution < -0.4 is 5.32 Å². The topological polar surface area (TPSA) is 15.3 Å². The van der Waals surface area contributed by atoms with Crippen molar-refractivity contribution in [2.24, 2.45) is 0 Å². The molecule has 4 heteroatoms. The van der Waals surface area contributed by atoms with Gasteiger partial charge in [0.2, 0.25) is 0 Å². The number of hydrogen-bond acceptors (Lipinski definition) is 2. The van der Waals surface area contributed by atoms with E-state index in [-0.39, 0.29) is 5.82 Å². The Morgan fingerprint density at radius 2 is 2.25 bits per heavy atom. The maximum Gasteiger partial charge on any atom is 0.129 e. The summed E-state index contributed by atoms with van der Waals surface area (Å²) in [6.07, 6.45) is 3.42. The molecule has 1 aliphatic rings. The van der Waals surface area contributed by atoms with Gasteiger partial charge < -0.3 is 5.32 Å². The molecule has 0 radical (unpaired) electrons. The highest BCUT2D eigenvalue weighted by Gasteiger charge is 2.23. The summed E-state index contributed by atoms with van der Waals surface area (Å²) >= 11 is 6.15. The van der Waals surface area contributed by atoms with Gasteiger partial charge in [0, 0.05) is 35.8 Å². The molecule has 1 aromatic rings. The van der Waals surface area contributed by atoms with Crippen molar-refractivity contribution in [3.05, 3.63) is 34.6 Å². The highest BCUT2D eigenvalue weighted by Crippen LogP contribution is 2.23. The van der Waals surface area contributed by atoms with Crippen molar-refractivity contribution >= 4 is 11.6 Å². The van der Waals surface area contributed by atoms with Gasteiger partial charge in [0.05, 0.1) is 0 Å². The zero-order valence-corrected chi connectivity index (χ0v) is 13.1. The van der Waals surface area contributed by atoms with Gasteiger partial charge in [-0.25, -0.2) is 4.39 Å². The number of hydrogen-bond donors (Lipinski definition) is 1. The fourth-order valence-corrected chi connectivity index (χ4v) is 3.08. The van der Waals surface area contributed by atoms with Crippen LogP contribution in [0.5, 0.6) is 0 Å². The summed E-state index contributed by atoms with van der Waals surface area (Å²) in [4.78, 5) is 2.35. The molecule has 2 nitrogen and oxygen atoms in total. The van der Waals surface area contributed by atoms with E-state index >= 15 is 0 Å². The van der Waals surface area contributed by atoms with E-state index in [2.05, 4.69) is 24.1 Å². The molecule has 112 valence electrons. The second-order valence-electron chi connectivity index (χ2n) is 5.71. The van der Waals surface area contributed by atoms with E-state index in [1.807, 2.05) is 0 Å². The second-order valence-corrected chi connectivity index (χ2v) is 6.11. The fourth-order valence-electron chi connectivity index (χ4n) is 2.86. The van der Waals surface area contributed by atoms with E-state index in [0.717, 1.165) is 25.9 Å². The Morgan fingerprint density at radius 1 is 1.45 bits per heavy atom. The van der Waals surface area contributed by atoms with Crippen LogP contribution in [0.25, 0.3) is 0 Å². The van der Waals surface area contributed by atoms with Gasteiger partial charge in [0.1, 0.15) is 5.82 Å². The van der Waals surface area contributed by atoms with Crippen LogP contribution in [0.2, 0.25) is 5.02 Å². The number of nitrogens with one attached hydrogen (secondary N) is 1. The zero-order chi connectivity index (χ0) is 14.5. The van der Waals surface area contributed by atoms with Gasteiger partial charge in [-0.2, -0.15) is 0 Å². The smallest absolute Gasteiger partial charge is 0.129 e. The standard InChI is InChI=1S/C16H24ClFN2/c1-3-5-13-10-20(12(2)8-9-19-13)11-14-15(17)6-4-7-16(14)18/h4,6-7,12-13,19H,3,5,8-11H2,1-2H3. The second kappa shape index (κ2) is 7.39. The van der Waals surface area contributed by atoms with Crippen molar-refractivity contribution in [3.63, 3.8) is 0 Å². The highest BCUT2D eigenvalue weighted by molar-refractivity contribution is 6.31. The Kier molecular flexibility index (Phi) is 5.82. The fraction of sp³-hybridized carbons (Fsp3) is 0.625. The Balaban J connectivity index is 2.12. The number of nitrogens with zero attached hydrogens (tertiary/aromatic N) is 1. The van der Waals surface area contributed by atoms with Gasteiger partial charge in [0.15, 0.2) is 0 Å². The largest absolute Gasteiger partial charge is 0.313 e. The predicted molar refractivity (Wildman–Crippen MR) is 82.6 cm³/mol. The summed E-state index contributed by atoms with van der Waals surface area (Å²) < 4.78 is 14.0. The molecule has 0 aromatic heterocycles. The molecule has 0 amide bonds. The first-order valence-corrected chi connectivity index (χ1v) is 7.90. The van der Waals surface area contributed by atoms with E-state index < -0.39 is 0 Å².